The van der Waals surface area contributed by atoms with Crippen LogP contribution in [0.1, 0.15) is 30.1 Å². The van der Waals surface area contributed by atoms with Crippen LogP contribution in [0.25, 0.3) is 11.0 Å². The Bertz CT molecular complexity index is 972. The second-order valence-electron chi connectivity index (χ2n) is 6.81. The molecule has 0 saturated carbocycles. The number of carbonyl (C=O) groups is 1. The Morgan fingerprint density at radius 1 is 1.21 bits per heavy atom. The van der Waals surface area contributed by atoms with E-state index in [2.05, 4.69) is 32.4 Å². The number of piperidine rings is 1. The number of nitrogens with zero attached hydrogens (tertiary/aromatic N) is 5. The third-order valence-electron chi connectivity index (χ3n) is 4.94. The van der Waals surface area contributed by atoms with Gasteiger partial charge in [-0.2, -0.15) is 0 Å². The molecule has 1 aliphatic heterocycles. The number of aromatic nitrogens is 4. The van der Waals surface area contributed by atoms with E-state index in [4.69, 9.17) is 9.72 Å². The molecule has 4 heterocycles. The van der Waals surface area contributed by atoms with Crippen molar-refractivity contribution in [3.63, 3.8) is 0 Å². The Balaban J connectivity index is 1.36. The molecule has 3 aromatic rings. The van der Waals surface area contributed by atoms with Crippen LogP contribution in [0.4, 0.5) is 10.6 Å². The number of likely N-dealkylation sites (tertiary alicyclic amines) is 1. The van der Waals surface area contributed by atoms with Crippen LogP contribution in [-0.2, 0) is 11.3 Å². The average Bonchev–Trinajstić information content (AvgIpc) is 2.74. The minimum atomic E-state index is -0.145. The zero-order valence-electron chi connectivity index (χ0n) is 15.7. The lowest BCUT2D eigenvalue weighted by Crippen LogP contribution is -2.40. The summed E-state index contributed by atoms with van der Waals surface area (Å²) in [5.74, 6) is 0.819. The molecule has 0 spiro atoms. The van der Waals surface area contributed by atoms with Crippen LogP contribution in [-0.4, -0.2) is 51.1 Å². The normalized spacial score (nSPS) is 15.0. The van der Waals surface area contributed by atoms with Gasteiger partial charge in [-0.1, -0.05) is 0 Å². The van der Waals surface area contributed by atoms with E-state index in [-0.39, 0.29) is 6.03 Å². The molecule has 0 bridgehead atoms. The highest BCUT2D eigenvalue weighted by molar-refractivity contribution is 5.88. The summed E-state index contributed by atoms with van der Waals surface area (Å²) in [6.07, 6.45) is 4.93. The monoisotopic (exact) mass is 378 g/mol. The van der Waals surface area contributed by atoms with Gasteiger partial charge in [0.1, 0.15) is 12.1 Å². The maximum absolute atomic E-state index is 12.6. The lowest BCUT2D eigenvalue weighted by Gasteiger charge is -2.31. The Morgan fingerprint density at radius 3 is 2.89 bits per heavy atom. The van der Waals surface area contributed by atoms with Crippen LogP contribution >= 0.6 is 0 Å². The molecule has 1 fully saturated rings. The van der Waals surface area contributed by atoms with E-state index in [1.165, 1.54) is 6.33 Å². The number of methoxy groups -OCH3 is 1. The zero-order chi connectivity index (χ0) is 19.3. The van der Waals surface area contributed by atoms with Gasteiger partial charge in [0.2, 0.25) is 0 Å². The van der Waals surface area contributed by atoms with E-state index in [1.807, 2.05) is 17.0 Å². The fourth-order valence-corrected chi connectivity index (χ4v) is 3.45. The predicted molar refractivity (Wildman–Crippen MR) is 105 cm³/mol. The summed E-state index contributed by atoms with van der Waals surface area (Å²) >= 11 is 0. The first-order valence-corrected chi connectivity index (χ1v) is 9.30. The van der Waals surface area contributed by atoms with Gasteiger partial charge < -0.3 is 9.64 Å². The molecule has 8 nitrogen and oxygen atoms in total. The number of hydrogen-bond donors (Lipinski definition) is 1. The van der Waals surface area contributed by atoms with Crippen LogP contribution < -0.4 is 5.32 Å². The van der Waals surface area contributed by atoms with Gasteiger partial charge in [-0.25, -0.2) is 24.7 Å². The lowest BCUT2D eigenvalue weighted by molar-refractivity contribution is 0.181. The number of amides is 2. The van der Waals surface area contributed by atoms with E-state index in [0.29, 0.717) is 31.4 Å². The summed E-state index contributed by atoms with van der Waals surface area (Å²) in [6, 6.07) is 9.64. The maximum atomic E-state index is 12.6. The number of pyridine rings is 2. The summed E-state index contributed by atoms with van der Waals surface area (Å²) in [5.41, 5.74) is 2.55. The summed E-state index contributed by atoms with van der Waals surface area (Å²) in [6.45, 7) is 1.73. The molecule has 0 unspecified atom stereocenters. The Morgan fingerprint density at radius 2 is 2.07 bits per heavy atom. The second kappa shape index (κ2) is 8.26. The molecule has 8 heteroatoms. The van der Waals surface area contributed by atoms with Crippen molar-refractivity contribution >= 4 is 22.9 Å². The average molecular weight is 378 g/mol. The van der Waals surface area contributed by atoms with Crippen LogP contribution in [0.2, 0.25) is 0 Å². The van der Waals surface area contributed by atoms with Gasteiger partial charge in [0.25, 0.3) is 0 Å². The topological polar surface area (TPSA) is 93.1 Å². The number of urea groups is 1. The third-order valence-corrected chi connectivity index (χ3v) is 4.94. The number of rotatable bonds is 4. The van der Waals surface area contributed by atoms with E-state index in [0.717, 1.165) is 35.3 Å². The largest absolute Gasteiger partial charge is 0.378 e. The Labute approximate surface area is 163 Å². The van der Waals surface area contributed by atoms with Crippen molar-refractivity contribution < 1.29 is 9.53 Å². The molecule has 28 heavy (non-hydrogen) atoms. The van der Waals surface area contributed by atoms with Crippen LogP contribution in [0.3, 0.4) is 0 Å². The number of ether oxygens (including phenoxy) is 1. The summed E-state index contributed by atoms with van der Waals surface area (Å²) in [4.78, 5) is 31.6. The van der Waals surface area contributed by atoms with Gasteiger partial charge in [-0.15, -0.1) is 0 Å². The highest BCUT2D eigenvalue weighted by atomic mass is 16.5. The maximum Gasteiger partial charge on any atom is 0.323 e. The van der Waals surface area contributed by atoms with Crippen LogP contribution in [0, 0.1) is 0 Å². The van der Waals surface area contributed by atoms with Gasteiger partial charge >= 0.3 is 6.03 Å². The van der Waals surface area contributed by atoms with Gasteiger partial charge in [0.05, 0.1) is 12.3 Å². The molecule has 1 N–H and O–H groups in total. The zero-order valence-corrected chi connectivity index (χ0v) is 15.7. The number of hydrogen-bond acceptors (Lipinski definition) is 6. The molecular formula is C20H22N6O2. The lowest BCUT2D eigenvalue weighted by atomic mass is 9.93. The molecule has 1 saturated heterocycles. The molecular weight excluding hydrogens is 356 g/mol. The third kappa shape index (κ3) is 4.07. The fourth-order valence-electron chi connectivity index (χ4n) is 3.45. The number of nitrogens with one attached hydrogen (secondary N) is 1. The molecule has 144 valence electrons. The minimum absolute atomic E-state index is 0.145. The van der Waals surface area contributed by atoms with Gasteiger partial charge in [-0.3, -0.25) is 5.32 Å². The smallest absolute Gasteiger partial charge is 0.323 e. The van der Waals surface area contributed by atoms with Gasteiger partial charge in [0, 0.05) is 49.5 Å². The summed E-state index contributed by atoms with van der Waals surface area (Å²) in [7, 11) is 1.60. The van der Waals surface area contributed by atoms with Crippen molar-refractivity contribution in [2.75, 3.05) is 25.5 Å². The molecule has 3 aromatic heterocycles. The predicted octanol–water partition coefficient (Wildman–Crippen LogP) is 2.98. The Kier molecular flexibility index (Phi) is 5.38. The van der Waals surface area contributed by atoms with Crippen LogP contribution in [0.15, 0.2) is 42.9 Å². The van der Waals surface area contributed by atoms with Gasteiger partial charge in [0.15, 0.2) is 5.65 Å². The van der Waals surface area contributed by atoms with Crippen molar-refractivity contribution in [1.29, 1.82) is 0 Å². The van der Waals surface area contributed by atoms with Crippen molar-refractivity contribution in [3.8, 4) is 0 Å². The highest BCUT2D eigenvalue weighted by Crippen LogP contribution is 2.28. The van der Waals surface area contributed by atoms with Gasteiger partial charge in [-0.05, 0) is 37.1 Å². The van der Waals surface area contributed by atoms with Crippen LogP contribution in [0.5, 0.6) is 0 Å². The van der Waals surface area contributed by atoms with Crippen molar-refractivity contribution in [2.45, 2.75) is 25.4 Å². The van der Waals surface area contributed by atoms with E-state index in [1.54, 1.807) is 19.4 Å². The summed E-state index contributed by atoms with van der Waals surface area (Å²) < 4.78 is 5.06. The number of carbonyl (C=O) groups excluding carboxylic acids is 1. The molecule has 0 aliphatic carbocycles. The first kappa shape index (κ1) is 18.2. The first-order valence-electron chi connectivity index (χ1n) is 9.30. The van der Waals surface area contributed by atoms with E-state index in [9.17, 15) is 4.79 Å². The number of fused-ring (bicyclic) bond motifs is 1. The standard InChI is InChI=1S/C20H22N6O2/c1-28-12-16-11-18(23-13-22-16)25-20(27)26-9-6-14(7-10-26)17-5-4-15-3-2-8-21-19(15)24-17/h2-5,8,11,13-14H,6-7,9-10,12H2,1H3,(H,22,23,25,27). The molecule has 0 aromatic carbocycles. The molecule has 0 radical (unpaired) electrons. The molecule has 0 atom stereocenters. The Hall–Kier alpha value is -3.13. The first-order chi connectivity index (χ1) is 13.7. The second-order valence-corrected chi connectivity index (χ2v) is 6.81. The summed E-state index contributed by atoms with van der Waals surface area (Å²) in [5, 5.41) is 3.89. The molecule has 1 aliphatic rings. The van der Waals surface area contributed by atoms with Crippen molar-refractivity contribution in [2.24, 2.45) is 0 Å². The highest BCUT2D eigenvalue weighted by Gasteiger charge is 2.25. The van der Waals surface area contributed by atoms with Crippen molar-refractivity contribution in [3.05, 3.63) is 54.2 Å². The van der Waals surface area contributed by atoms with E-state index >= 15 is 0 Å². The SMILES string of the molecule is COCc1cc(NC(=O)N2CCC(c3ccc4cccnc4n3)CC2)ncn1. The number of anilines is 1. The van der Waals surface area contributed by atoms with E-state index < -0.39 is 0 Å². The molecule has 2 amide bonds. The quantitative estimate of drug-likeness (QED) is 0.750. The van der Waals surface area contributed by atoms with Crippen molar-refractivity contribution in [1.82, 2.24) is 24.8 Å². The molecule has 4 rings (SSSR count). The minimum Gasteiger partial charge on any atom is -0.378 e. The fraction of sp³-hybridized carbons (Fsp3) is 0.350.